The molecule has 33 heavy (non-hydrogen) atoms. The van der Waals surface area contributed by atoms with Crippen molar-refractivity contribution in [2.75, 3.05) is 18.5 Å². The molecule has 1 fully saturated rings. The lowest BCUT2D eigenvalue weighted by Gasteiger charge is -2.18. The molecular weight excluding hydrogens is 446 g/mol. The summed E-state index contributed by atoms with van der Waals surface area (Å²) in [5, 5.41) is 5.21. The smallest absolute Gasteiger partial charge is 0.350 e. The van der Waals surface area contributed by atoms with Gasteiger partial charge in [0, 0.05) is 4.88 Å². The Balaban J connectivity index is 1.54. The van der Waals surface area contributed by atoms with Gasteiger partial charge in [0.05, 0.1) is 18.6 Å². The highest BCUT2D eigenvalue weighted by Crippen LogP contribution is 2.35. The molecule has 1 aliphatic rings. The summed E-state index contributed by atoms with van der Waals surface area (Å²) in [5.74, 6) is -1.55. The van der Waals surface area contributed by atoms with Gasteiger partial charge in [-0.2, -0.15) is 0 Å². The Morgan fingerprint density at radius 2 is 1.94 bits per heavy atom. The number of imide groups is 1. The predicted octanol–water partition coefficient (Wildman–Crippen LogP) is 3.59. The summed E-state index contributed by atoms with van der Waals surface area (Å²) in [5.41, 5.74) is -0.278. The summed E-state index contributed by atoms with van der Waals surface area (Å²) >= 11 is 1.18. The number of hydrogen-bond donors (Lipinski definition) is 2. The first-order chi connectivity index (χ1) is 15.8. The maximum absolute atomic E-state index is 12.9. The molecule has 3 heterocycles. The zero-order valence-corrected chi connectivity index (χ0v) is 18.7. The second-order valence-electron chi connectivity index (χ2n) is 7.41. The first-order valence-corrected chi connectivity index (χ1v) is 11.0. The van der Waals surface area contributed by atoms with Crippen molar-refractivity contribution >= 4 is 40.8 Å². The Labute approximate surface area is 193 Å². The van der Waals surface area contributed by atoms with Gasteiger partial charge < -0.3 is 19.8 Å². The molecule has 4 amide bonds. The number of esters is 1. The number of nitrogens with zero attached hydrogens (tertiary/aromatic N) is 1. The van der Waals surface area contributed by atoms with Crippen molar-refractivity contribution in [2.24, 2.45) is 0 Å². The van der Waals surface area contributed by atoms with Gasteiger partial charge in [0.15, 0.2) is 5.54 Å². The van der Waals surface area contributed by atoms with Gasteiger partial charge in [0.2, 0.25) is 5.91 Å². The van der Waals surface area contributed by atoms with Crippen LogP contribution in [0.5, 0.6) is 0 Å². The minimum absolute atomic E-state index is 0.179. The number of furan rings is 1. The number of anilines is 1. The summed E-state index contributed by atoms with van der Waals surface area (Å²) in [4.78, 5) is 52.4. The van der Waals surface area contributed by atoms with Gasteiger partial charge in [-0.25, -0.2) is 9.59 Å². The van der Waals surface area contributed by atoms with Crippen LogP contribution in [-0.4, -0.2) is 41.9 Å². The van der Waals surface area contributed by atoms with Gasteiger partial charge in [0.25, 0.3) is 5.91 Å². The van der Waals surface area contributed by atoms with Gasteiger partial charge in [-0.1, -0.05) is 30.3 Å². The van der Waals surface area contributed by atoms with E-state index in [0.29, 0.717) is 0 Å². The van der Waals surface area contributed by atoms with E-state index in [1.54, 1.807) is 25.1 Å². The fraction of sp³-hybridized carbons (Fsp3) is 0.217. The van der Waals surface area contributed by atoms with Crippen molar-refractivity contribution in [1.29, 1.82) is 0 Å². The van der Waals surface area contributed by atoms with Crippen LogP contribution in [0.15, 0.2) is 59.2 Å². The van der Waals surface area contributed by atoms with E-state index in [2.05, 4.69) is 10.6 Å². The number of carbonyl (C=O) groups is 4. The highest BCUT2D eigenvalue weighted by molar-refractivity contribution is 7.18. The molecule has 10 heteroatoms. The van der Waals surface area contributed by atoms with Crippen molar-refractivity contribution in [2.45, 2.75) is 19.4 Å². The van der Waals surface area contributed by atoms with Gasteiger partial charge >= 0.3 is 12.0 Å². The lowest BCUT2D eigenvalue weighted by Crippen LogP contribution is -2.41. The zero-order chi connectivity index (χ0) is 23.6. The molecule has 2 aromatic heterocycles. The van der Waals surface area contributed by atoms with Gasteiger partial charge in [-0.15, -0.1) is 11.3 Å². The van der Waals surface area contributed by atoms with Crippen LogP contribution in [-0.2, 0) is 19.9 Å². The van der Waals surface area contributed by atoms with Crippen LogP contribution in [0.1, 0.15) is 29.3 Å². The number of rotatable bonds is 7. The summed E-state index contributed by atoms with van der Waals surface area (Å²) in [6.07, 6.45) is 1.40. The third kappa shape index (κ3) is 4.24. The average Bonchev–Trinajstić information content (AvgIpc) is 3.52. The number of nitrogens with one attached hydrogen (secondary N) is 2. The standard InChI is InChI=1S/C23H21N3O6S/c1-3-31-20(28)19-15(12-16(33-19)14-8-5-4-6-9-14)24-18(27)13-26-21(29)23(2,25-22(26)30)17-10-7-11-32-17/h4-12H,3,13H2,1-2H3,(H,24,27)(H,25,30). The SMILES string of the molecule is CCOC(=O)c1sc(-c2ccccc2)cc1NC(=O)CN1C(=O)NC(C)(c2ccco2)C1=O. The van der Waals surface area contributed by atoms with E-state index in [4.69, 9.17) is 9.15 Å². The molecule has 1 aromatic carbocycles. The minimum Gasteiger partial charge on any atom is -0.466 e. The number of amides is 4. The van der Waals surface area contributed by atoms with Gasteiger partial charge in [0.1, 0.15) is 17.2 Å². The maximum atomic E-state index is 12.9. The second-order valence-corrected chi connectivity index (χ2v) is 8.46. The van der Waals surface area contributed by atoms with Crippen LogP contribution < -0.4 is 10.6 Å². The van der Waals surface area contributed by atoms with E-state index >= 15 is 0 Å². The molecule has 3 aromatic rings. The van der Waals surface area contributed by atoms with E-state index in [9.17, 15) is 19.2 Å². The van der Waals surface area contributed by atoms with Crippen molar-refractivity contribution < 1.29 is 28.3 Å². The van der Waals surface area contributed by atoms with Crippen LogP contribution >= 0.6 is 11.3 Å². The van der Waals surface area contributed by atoms with Crippen molar-refractivity contribution in [1.82, 2.24) is 10.2 Å². The summed E-state index contributed by atoms with van der Waals surface area (Å²) in [6.45, 7) is 2.85. The third-order valence-corrected chi connectivity index (χ3v) is 6.28. The number of carbonyl (C=O) groups excluding carboxylic acids is 4. The quantitative estimate of drug-likeness (QED) is 0.405. The van der Waals surface area contributed by atoms with Crippen LogP contribution in [0.25, 0.3) is 10.4 Å². The highest BCUT2D eigenvalue weighted by Gasteiger charge is 2.51. The summed E-state index contributed by atoms with van der Waals surface area (Å²) in [6, 6.07) is 13.5. The summed E-state index contributed by atoms with van der Waals surface area (Å²) in [7, 11) is 0. The molecule has 4 rings (SSSR count). The number of thiophene rings is 1. The van der Waals surface area contributed by atoms with Gasteiger partial charge in [-0.3, -0.25) is 14.5 Å². The van der Waals surface area contributed by atoms with Crippen LogP contribution in [0.3, 0.4) is 0 Å². The van der Waals surface area contributed by atoms with E-state index < -0.39 is 35.9 Å². The zero-order valence-electron chi connectivity index (χ0n) is 17.9. The molecule has 1 aliphatic heterocycles. The summed E-state index contributed by atoms with van der Waals surface area (Å²) < 4.78 is 10.4. The molecule has 1 saturated heterocycles. The first kappa shape index (κ1) is 22.3. The van der Waals surface area contributed by atoms with Crippen LogP contribution in [0.4, 0.5) is 10.5 Å². The highest BCUT2D eigenvalue weighted by atomic mass is 32.1. The van der Waals surface area contributed by atoms with Crippen LogP contribution in [0.2, 0.25) is 0 Å². The molecule has 0 saturated carbocycles. The van der Waals surface area contributed by atoms with E-state index in [-0.39, 0.29) is 22.9 Å². The van der Waals surface area contributed by atoms with E-state index in [1.807, 2.05) is 30.3 Å². The fourth-order valence-corrected chi connectivity index (χ4v) is 4.49. The Kier molecular flexibility index (Phi) is 6.01. The third-order valence-electron chi connectivity index (χ3n) is 5.12. The average molecular weight is 468 g/mol. The Bertz CT molecular complexity index is 1200. The molecule has 0 bridgehead atoms. The molecule has 0 aliphatic carbocycles. The largest absolute Gasteiger partial charge is 0.466 e. The predicted molar refractivity (Wildman–Crippen MR) is 121 cm³/mol. The molecule has 170 valence electrons. The molecule has 0 radical (unpaired) electrons. The van der Waals surface area contributed by atoms with E-state index in [0.717, 1.165) is 15.3 Å². The number of hydrogen-bond acceptors (Lipinski definition) is 7. The lowest BCUT2D eigenvalue weighted by atomic mass is 9.99. The molecular formula is C23H21N3O6S. The van der Waals surface area contributed by atoms with Gasteiger partial charge in [-0.05, 0) is 37.6 Å². The molecule has 0 spiro atoms. The Morgan fingerprint density at radius 3 is 2.61 bits per heavy atom. The van der Waals surface area contributed by atoms with Crippen molar-refractivity contribution in [3.63, 3.8) is 0 Å². The maximum Gasteiger partial charge on any atom is 0.350 e. The second kappa shape index (κ2) is 8.91. The fourth-order valence-electron chi connectivity index (χ4n) is 3.48. The molecule has 9 nitrogen and oxygen atoms in total. The topological polar surface area (TPSA) is 118 Å². The Morgan fingerprint density at radius 1 is 1.18 bits per heavy atom. The lowest BCUT2D eigenvalue weighted by molar-refractivity contribution is -0.134. The molecule has 1 atom stereocenters. The van der Waals surface area contributed by atoms with Crippen molar-refractivity contribution in [3.05, 3.63) is 65.4 Å². The minimum atomic E-state index is -1.40. The monoisotopic (exact) mass is 467 g/mol. The Hall–Kier alpha value is -3.92. The molecule has 1 unspecified atom stereocenters. The number of urea groups is 1. The normalized spacial score (nSPS) is 17.7. The van der Waals surface area contributed by atoms with Crippen LogP contribution in [0, 0.1) is 0 Å². The first-order valence-electron chi connectivity index (χ1n) is 10.2. The van der Waals surface area contributed by atoms with E-state index in [1.165, 1.54) is 24.5 Å². The number of benzene rings is 1. The van der Waals surface area contributed by atoms with Crippen molar-refractivity contribution in [3.8, 4) is 10.4 Å². The molecule has 2 N–H and O–H groups in total. The number of ether oxygens (including phenoxy) is 1.